The van der Waals surface area contributed by atoms with E-state index in [9.17, 15) is 0 Å². The first-order valence-electron chi connectivity index (χ1n) is 16.7. The second-order valence-electron chi connectivity index (χ2n) is 12.8. The van der Waals surface area contributed by atoms with Crippen LogP contribution in [0.15, 0.2) is 182 Å². The summed E-state index contributed by atoms with van der Waals surface area (Å²) in [6.07, 6.45) is 0. The molecule has 0 unspecified atom stereocenters. The average molecular weight is 607 g/mol. The van der Waals surface area contributed by atoms with Crippen LogP contribution < -0.4 is 0 Å². The van der Waals surface area contributed by atoms with Crippen molar-refractivity contribution in [3.63, 3.8) is 0 Å². The summed E-state index contributed by atoms with van der Waals surface area (Å²) in [6.45, 7) is 0. The molecular weight excluding hydrogens is 577 g/mol. The highest BCUT2D eigenvalue weighted by Gasteiger charge is 2.32. The molecule has 0 spiro atoms. The van der Waals surface area contributed by atoms with Gasteiger partial charge in [-0.1, -0.05) is 170 Å². The van der Waals surface area contributed by atoms with Gasteiger partial charge in [-0.25, -0.2) is 0 Å². The Bertz CT molecular complexity index is 2680. The van der Waals surface area contributed by atoms with Crippen molar-refractivity contribution in [1.82, 2.24) is 0 Å². The maximum absolute atomic E-state index is 2.49. The molecule has 0 saturated carbocycles. The average Bonchev–Trinajstić information content (AvgIpc) is 3.49. The molecule has 0 bridgehead atoms. The Morgan fingerprint density at radius 3 is 1.40 bits per heavy atom. The third-order valence-electron chi connectivity index (χ3n) is 10.2. The summed E-state index contributed by atoms with van der Waals surface area (Å²) < 4.78 is 0. The van der Waals surface area contributed by atoms with Crippen LogP contribution >= 0.6 is 0 Å². The first kappa shape index (κ1) is 26.9. The number of rotatable bonds is 4. The molecule has 1 aliphatic carbocycles. The van der Waals surface area contributed by atoms with Crippen molar-refractivity contribution < 1.29 is 0 Å². The Balaban J connectivity index is 1.41. The van der Waals surface area contributed by atoms with Gasteiger partial charge >= 0.3 is 0 Å². The van der Waals surface area contributed by atoms with E-state index in [1.807, 2.05) is 0 Å². The third kappa shape index (κ3) is 3.96. The molecule has 0 fully saturated rings. The van der Waals surface area contributed by atoms with Gasteiger partial charge in [-0.3, -0.25) is 0 Å². The highest BCUT2D eigenvalue weighted by Crippen LogP contribution is 2.59. The van der Waals surface area contributed by atoms with Crippen LogP contribution in [0.1, 0.15) is 0 Å². The van der Waals surface area contributed by atoms with Gasteiger partial charge in [-0.05, 0) is 111 Å². The summed E-state index contributed by atoms with van der Waals surface area (Å²) in [6, 6.07) is 66.9. The number of hydrogen-bond donors (Lipinski definition) is 0. The summed E-state index contributed by atoms with van der Waals surface area (Å²) in [4.78, 5) is 0. The lowest BCUT2D eigenvalue weighted by Gasteiger charge is -2.21. The summed E-state index contributed by atoms with van der Waals surface area (Å²) in [5, 5.41) is 7.70. The largest absolute Gasteiger partial charge is 0.0622 e. The predicted octanol–water partition coefficient (Wildman–Crippen LogP) is 13.5. The molecule has 0 N–H and O–H groups in total. The summed E-state index contributed by atoms with van der Waals surface area (Å²) in [7, 11) is 0. The van der Waals surface area contributed by atoms with Crippen molar-refractivity contribution >= 4 is 32.3 Å². The van der Waals surface area contributed by atoms with E-state index in [1.165, 1.54) is 99.1 Å². The van der Waals surface area contributed by atoms with Crippen LogP contribution in [0.25, 0.3) is 99.1 Å². The molecule has 9 aromatic rings. The van der Waals surface area contributed by atoms with E-state index in [0.717, 1.165) is 0 Å². The number of hydrogen-bond acceptors (Lipinski definition) is 0. The predicted molar refractivity (Wildman–Crippen MR) is 205 cm³/mol. The zero-order valence-electron chi connectivity index (χ0n) is 26.3. The van der Waals surface area contributed by atoms with Crippen LogP contribution in [0.4, 0.5) is 0 Å². The first-order valence-corrected chi connectivity index (χ1v) is 16.7. The molecule has 10 rings (SSSR count). The van der Waals surface area contributed by atoms with Crippen LogP contribution in [-0.4, -0.2) is 0 Å². The van der Waals surface area contributed by atoms with Crippen molar-refractivity contribution in [3.8, 4) is 66.8 Å². The highest BCUT2D eigenvalue weighted by molar-refractivity contribution is 6.30. The van der Waals surface area contributed by atoms with Gasteiger partial charge in [0, 0.05) is 0 Å². The molecular formula is C48H30. The maximum Gasteiger partial charge on any atom is -0.000719 e. The minimum atomic E-state index is 1.22. The molecule has 0 saturated heterocycles. The quantitative estimate of drug-likeness (QED) is 0.187. The smallest absolute Gasteiger partial charge is 0.000719 e. The molecule has 1 aliphatic rings. The Morgan fingerprint density at radius 1 is 0.229 bits per heavy atom. The van der Waals surface area contributed by atoms with Crippen molar-refractivity contribution in [3.05, 3.63) is 182 Å². The molecule has 0 nitrogen and oxygen atoms in total. The number of fused-ring (bicyclic) bond motifs is 5. The topological polar surface area (TPSA) is 0 Å². The van der Waals surface area contributed by atoms with Gasteiger partial charge in [-0.15, -0.1) is 0 Å². The van der Waals surface area contributed by atoms with Gasteiger partial charge in [0.25, 0.3) is 0 Å². The number of benzene rings is 9. The van der Waals surface area contributed by atoms with Crippen LogP contribution in [0.2, 0.25) is 0 Å². The molecule has 0 heterocycles. The zero-order chi connectivity index (χ0) is 31.6. The Hall–Kier alpha value is -6.24. The molecule has 0 amide bonds. The van der Waals surface area contributed by atoms with Crippen molar-refractivity contribution in [2.24, 2.45) is 0 Å². The lowest BCUT2D eigenvalue weighted by Crippen LogP contribution is -1.93. The van der Waals surface area contributed by atoms with E-state index in [0.29, 0.717) is 0 Å². The molecule has 0 aliphatic heterocycles. The van der Waals surface area contributed by atoms with Gasteiger partial charge < -0.3 is 0 Å². The van der Waals surface area contributed by atoms with Gasteiger partial charge in [0.15, 0.2) is 0 Å². The fourth-order valence-corrected chi connectivity index (χ4v) is 8.18. The van der Waals surface area contributed by atoms with E-state index in [4.69, 9.17) is 0 Å². The highest BCUT2D eigenvalue weighted by atomic mass is 14.3. The minimum absolute atomic E-state index is 1.22. The molecule has 0 radical (unpaired) electrons. The molecule has 48 heavy (non-hydrogen) atoms. The Morgan fingerprint density at radius 2 is 0.750 bits per heavy atom. The van der Waals surface area contributed by atoms with Crippen LogP contribution in [0.5, 0.6) is 0 Å². The Labute approximate surface area is 280 Å². The maximum atomic E-state index is 2.49. The van der Waals surface area contributed by atoms with E-state index in [-0.39, 0.29) is 0 Å². The minimum Gasteiger partial charge on any atom is -0.0622 e. The zero-order valence-corrected chi connectivity index (χ0v) is 26.3. The fraction of sp³-hybridized carbons (Fsp3) is 0. The standard InChI is InChI=1S/C48H30/c1-4-16-32(17-5-1)41-30-42-46-39(43(41)36-28-27-31-15-10-11-22-35(31)29-36)25-14-26-40(46)47-44(33-18-6-2-7-19-33)37-23-12-13-24-38(37)45(48(42)47)34-20-8-3-9-21-34/h1-30H. The summed E-state index contributed by atoms with van der Waals surface area (Å²) >= 11 is 0. The summed E-state index contributed by atoms with van der Waals surface area (Å²) in [5.74, 6) is 0. The third-order valence-corrected chi connectivity index (χ3v) is 10.2. The molecule has 9 aromatic carbocycles. The monoisotopic (exact) mass is 606 g/mol. The van der Waals surface area contributed by atoms with Crippen molar-refractivity contribution in [1.29, 1.82) is 0 Å². The van der Waals surface area contributed by atoms with E-state index in [1.54, 1.807) is 0 Å². The van der Waals surface area contributed by atoms with Gasteiger partial charge in [0.2, 0.25) is 0 Å². The van der Waals surface area contributed by atoms with Crippen molar-refractivity contribution in [2.45, 2.75) is 0 Å². The van der Waals surface area contributed by atoms with Crippen molar-refractivity contribution in [2.75, 3.05) is 0 Å². The van der Waals surface area contributed by atoms with Gasteiger partial charge in [0.05, 0.1) is 0 Å². The van der Waals surface area contributed by atoms with Crippen LogP contribution in [0.3, 0.4) is 0 Å². The molecule has 222 valence electrons. The SMILES string of the molecule is c1ccc(-c2cc3c4c(cccc4c2-c2ccc4ccccc4c2)-c2c-3c(-c3ccccc3)c3ccccc3c2-c2ccccc2)cc1. The van der Waals surface area contributed by atoms with E-state index >= 15 is 0 Å². The fourth-order valence-electron chi connectivity index (χ4n) is 8.18. The lowest BCUT2D eigenvalue weighted by molar-refractivity contribution is 1.61. The van der Waals surface area contributed by atoms with E-state index in [2.05, 4.69) is 182 Å². The second kappa shape index (κ2) is 10.7. The summed E-state index contributed by atoms with van der Waals surface area (Å²) in [5.41, 5.74) is 15.4. The second-order valence-corrected chi connectivity index (χ2v) is 12.8. The Kier molecular flexibility index (Phi) is 5.98. The first-order chi connectivity index (χ1) is 23.8. The van der Waals surface area contributed by atoms with Crippen LogP contribution in [0, 0.1) is 0 Å². The lowest BCUT2D eigenvalue weighted by atomic mass is 9.82. The van der Waals surface area contributed by atoms with Gasteiger partial charge in [-0.2, -0.15) is 0 Å². The molecule has 0 heteroatoms. The molecule has 0 aromatic heterocycles. The van der Waals surface area contributed by atoms with Gasteiger partial charge in [0.1, 0.15) is 0 Å². The van der Waals surface area contributed by atoms with E-state index < -0.39 is 0 Å². The molecule has 0 atom stereocenters. The normalized spacial score (nSPS) is 11.8. The van der Waals surface area contributed by atoms with Crippen LogP contribution in [-0.2, 0) is 0 Å².